The van der Waals surface area contributed by atoms with Crippen LogP contribution in [-0.2, 0) is 11.2 Å². The van der Waals surface area contributed by atoms with Crippen LogP contribution in [0.3, 0.4) is 0 Å². The van der Waals surface area contributed by atoms with E-state index in [-0.39, 0.29) is 0 Å². The third kappa shape index (κ3) is 2.22. The van der Waals surface area contributed by atoms with E-state index in [2.05, 4.69) is 4.98 Å². The number of hydrogen-bond donors (Lipinski definition) is 0. The van der Waals surface area contributed by atoms with Crippen molar-refractivity contribution in [3.05, 3.63) is 41.0 Å². The number of aldehydes is 1. The predicted octanol–water partition coefficient (Wildman–Crippen LogP) is 3.41. The Labute approximate surface area is 99.3 Å². The van der Waals surface area contributed by atoms with Crippen molar-refractivity contribution in [1.29, 1.82) is 0 Å². The summed E-state index contributed by atoms with van der Waals surface area (Å²) >= 11 is 6.09. The standard InChI is InChI=1S/C13H12ClNO/c14-12-7-6-10(4-1-2-9-16)13-11(12)5-3-8-15-13/h3,5-9H,1-2,4H2. The van der Waals surface area contributed by atoms with Gasteiger partial charge in [0.1, 0.15) is 6.29 Å². The van der Waals surface area contributed by atoms with Gasteiger partial charge in [0.05, 0.1) is 5.52 Å². The maximum Gasteiger partial charge on any atom is 0.120 e. The van der Waals surface area contributed by atoms with E-state index in [1.54, 1.807) is 6.20 Å². The number of carbonyl (C=O) groups is 1. The number of halogens is 1. The normalized spacial score (nSPS) is 10.6. The van der Waals surface area contributed by atoms with Crippen LogP contribution >= 0.6 is 11.6 Å². The SMILES string of the molecule is O=CCCCc1ccc(Cl)c2cccnc12. The van der Waals surface area contributed by atoms with Crippen molar-refractivity contribution in [2.24, 2.45) is 0 Å². The van der Waals surface area contributed by atoms with Crippen molar-refractivity contribution in [3.8, 4) is 0 Å². The van der Waals surface area contributed by atoms with Crippen LogP contribution in [-0.4, -0.2) is 11.3 Å². The van der Waals surface area contributed by atoms with Gasteiger partial charge in [-0.15, -0.1) is 0 Å². The van der Waals surface area contributed by atoms with Crippen LogP contribution in [0.15, 0.2) is 30.5 Å². The van der Waals surface area contributed by atoms with Crippen LogP contribution in [0.2, 0.25) is 5.02 Å². The van der Waals surface area contributed by atoms with Crippen LogP contribution in [0.25, 0.3) is 10.9 Å². The van der Waals surface area contributed by atoms with Crippen LogP contribution in [0.4, 0.5) is 0 Å². The number of benzene rings is 1. The van der Waals surface area contributed by atoms with Crippen molar-refractivity contribution in [3.63, 3.8) is 0 Å². The van der Waals surface area contributed by atoms with Crippen molar-refractivity contribution < 1.29 is 4.79 Å². The van der Waals surface area contributed by atoms with Crippen LogP contribution in [0.1, 0.15) is 18.4 Å². The minimum Gasteiger partial charge on any atom is -0.303 e. The molecule has 2 nitrogen and oxygen atoms in total. The molecule has 0 amide bonds. The fourth-order valence-electron chi connectivity index (χ4n) is 1.77. The zero-order valence-electron chi connectivity index (χ0n) is 8.82. The van der Waals surface area contributed by atoms with E-state index in [1.165, 1.54) is 0 Å². The Bertz CT molecular complexity index is 510. The molecule has 1 heterocycles. The Kier molecular flexibility index (Phi) is 3.52. The predicted molar refractivity (Wildman–Crippen MR) is 65.8 cm³/mol. The lowest BCUT2D eigenvalue weighted by molar-refractivity contribution is -0.107. The molecule has 0 aliphatic rings. The third-order valence-electron chi connectivity index (χ3n) is 2.57. The highest BCUT2D eigenvalue weighted by atomic mass is 35.5. The summed E-state index contributed by atoms with van der Waals surface area (Å²) in [6.45, 7) is 0. The van der Waals surface area contributed by atoms with Crippen molar-refractivity contribution in [1.82, 2.24) is 4.98 Å². The van der Waals surface area contributed by atoms with E-state index in [4.69, 9.17) is 11.6 Å². The summed E-state index contributed by atoms with van der Waals surface area (Å²) in [6, 6.07) is 7.72. The molecule has 0 fully saturated rings. The third-order valence-corrected chi connectivity index (χ3v) is 2.90. The topological polar surface area (TPSA) is 30.0 Å². The van der Waals surface area contributed by atoms with Gasteiger partial charge in [-0.3, -0.25) is 4.98 Å². The van der Waals surface area contributed by atoms with Gasteiger partial charge in [-0.2, -0.15) is 0 Å². The number of fused-ring (bicyclic) bond motifs is 1. The summed E-state index contributed by atoms with van der Waals surface area (Å²) < 4.78 is 0. The highest BCUT2D eigenvalue weighted by molar-refractivity contribution is 6.35. The Balaban J connectivity index is 2.38. The minimum absolute atomic E-state index is 0.594. The average molecular weight is 234 g/mol. The van der Waals surface area contributed by atoms with Gasteiger partial charge < -0.3 is 4.79 Å². The van der Waals surface area contributed by atoms with Crippen molar-refractivity contribution >= 4 is 28.8 Å². The summed E-state index contributed by atoms with van der Waals surface area (Å²) in [5.74, 6) is 0. The van der Waals surface area contributed by atoms with Gasteiger partial charge in [0.2, 0.25) is 0 Å². The summed E-state index contributed by atoms with van der Waals surface area (Å²) in [7, 11) is 0. The maximum absolute atomic E-state index is 10.3. The molecule has 0 saturated heterocycles. The molecule has 0 radical (unpaired) electrons. The first kappa shape index (κ1) is 11.1. The number of rotatable bonds is 4. The van der Waals surface area contributed by atoms with E-state index >= 15 is 0 Å². The zero-order chi connectivity index (χ0) is 11.4. The number of carbonyl (C=O) groups excluding carboxylic acids is 1. The summed E-state index contributed by atoms with van der Waals surface area (Å²) in [5.41, 5.74) is 2.10. The molecule has 82 valence electrons. The molecule has 0 saturated carbocycles. The van der Waals surface area contributed by atoms with E-state index in [0.717, 1.165) is 40.6 Å². The van der Waals surface area contributed by atoms with Crippen molar-refractivity contribution in [2.45, 2.75) is 19.3 Å². The lowest BCUT2D eigenvalue weighted by Gasteiger charge is -2.05. The molecule has 0 N–H and O–H groups in total. The second-order valence-electron chi connectivity index (χ2n) is 3.66. The van der Waals surface area contributed by atoms with E-state index in [1.807, 2.05) is 24.3 Å². The monoisotopic (exact) mass is 233 g/mol. The molecular formula is C13H12ClNO. The second kappa shape index (κ2) is 5.08. The number of unbranched alkanes of at least 4 members (excludes halogenated alkanes) is 1. The second-order valence-corrected chi connectivity index (χ2v) is 4.07. The largest absolute Gasteiger partial charge is 0.303 e. The smallest absolute Gasteiger partial charge is 0.120 e. The fourth-order valence-corrected chi connectivity index (χ4v) is 1.99. The van der Waals surface area contributed by atoms with Gasteiger partial charge in [-0.1, -0.05) is 17.7 Å². The molecule has 2 rings (SSSR count). The minimum atomic E-state index is 0.594. The highest BCUT2D eigenvalue weighted by Gasteiger charge is 2.04. The average Bonchev–Trinajstić information content (AvgIpc) is 2.33. The molecule has 0 spiro atoms. The van der Waals surface area contributed by atoms with Gasteiger partial charge in [0, 0.05) is 23.0 Å². The molecule has 0 unspecified atom stereocenters. The Morgan fingerprint density at radius 3 is 3.00 bits per heavy atom. The Hall–Kier alpha value is -1.41. The number of aromatic nitrogens is 1. The van der Waals surface area contributed by atoms with Gasteiger partial charge in [-0.05, 0) is 36.6 Å². The lowest BCUT2D eigenvalue weighted by Crippen LogP contribution is -1.91. The molecule has 1 aromatic carbocycles. The Morgan fingerprint density at radius 2 is 2.19 bits per heavy atom. The first-order valence-electron chi connectivity index (χ1n) is 5.28. The molecule has 3 heteroatoms. The van der Waals surface area contributed by atoms with E-state index in [9.17, 15) is 4.79 Å². The number of nitrogens with zero attached hydrogens (tertiary/aromatic N) is 1. The first-order chi connectivity index (χ1) is 7.83. The van der Waals surface area contributed by atoms with Crippen molar-refractivity contribution in [2.75, 3.05) is 0 Å². The summed E-state index contributed by atoms with van der Waals surface area (Å²) in [6.07, 6.45) is 5.03. The number of pyridine rings is 1. The maximum atomic E-state index is 10.3. The molecule has 2 aromatic rings. The van der Waals surface area contributed by atoms with Gasteiger partial charge in [-0.25, -0.2) is 0 Å². The van der Waals surface area contributed by atoms with Gasteiger partial charge >= 0.3 is 0 Å². The Morgan fingerprint density at radius 1 is 1.31 bits per heavy atom. The molecule has 0 aliphatic heterocycles. The van der Waals surface area contributed by atoms with E-state index < -0.39 is 0 Å². The quantitative estimate of drug-likeness (QED) is 0.598. The highest BCUT2D eigenvalue weighted by Crippen LogP contribution is 2.25. The van der Waals surface area contributed by atoms with Gasteiger partial charge in [0.25, 0.3) is 0 Å². The fraction of sp³-hybridized carbons (Fsp3) is 0.231. The molecule has 0 aliphatic carbocycles. The number of aryl methyl sites for hydroxylation is 1. The first-order valence-corrected chi connectivity index (χ1v) is 5.66. The molecule has 0 atom stereocenters. The van der Waals surface area contributed by atoms with Gasteiger partial charge in [0.15, 0.2) is 0 Å². The van der Waals surface area contributed by atoms with E-state index in [0.29, 0.717) is 6.42 Å². The molecule has 16 heavy (non-hydrogen) atoms. The molecule has 0 bridgehead atoms. The van der Waals surface area contributed by atoms with Crippen LogP contribution in [0, 0.1) is 0 Å². The molecular weight excluding hydrogens is 222 g/mol. The summed E-state index contributed by atoms with van der Waals surface area (Å²) in [4.78, 5) is 14.6. The zero-order valence-corrected chi connectivity index (χ0v) is 9.57. The number of hydrogen-bond acceptors (Lipinski definition) is 2. The molecule has 1 aromatic heterocycles. The van der Waals surface area contributed by atoms with Crippen LogP contribution < -0.4 is 0 Å². The summed E-state index contributed by atoms with van der Waals surface area (Å²) in [5, 5.41) is 1.70. The lowest BCUT2D eigenvalue weighted by atomic mass is 10.0. The van der Waals surface area contributed by atoms with Crippen LogP contribution in [0.5, 0.6) is 0 Å².